The van der Waals surface area contributed by atoms with Crippen LogP contribution >= 0.6 is 0 Å². The van der Waals surface area contributed by atoms with Crippen LogP contribution in [0.5, 0.6) is 0 Å². The van der Waals surface area contributed by atoms with Crippen molar-refractivity contribution >= 4 is 11.9 Å². The molecule has 0 aromatic heterocycles. The molecule has 0 radical (unpaired) electrons. The summed E-state index contributed by atoms with van der Waals surface area (Å²) >= 11 is 0. The lowest BCUT2D eigenvalue weighted by molar-refractivity contribution is -0.378. The van der Waals surface area contributed by atoms with Crippen molar-refractivity contribution in [1.29, 1.82) is 0 Å². The van der Waals surface area contributed by atoms with Gasteiger partial charge < -0.3 is 79.4 Å². The van der Waals surface area contributed by atoms with Gasteiger partial charge >= 0.3 is 11.9 Å². The lowest BCUT2D eigenvalue weighted by Crippen LogP contribution is -2.67. The first kappa shape index (κ1) is 37.8. The number of nitrogens with two attached hydrogens (primary N) is 1. The third-order valence-electron chi connectivity index (χ3n) is 7.71. The van der Waals surface area contributed by atoms with E-state index in [-0.39, 0.29) is 6.61 Å². The maximum Gasteiger partial charge on any atom is 0.303 e. The Morgan fingerprint density at radius 1 is 0.644 bits per heavy atom. The summed E-state index contributed by atoms with van der Waals surface area (Å²) < 4.78 is 45.3. The normalized spacial score (nSPS) is 42.2. The lowest BCUT2D eigenvalue weighted by atomic mass is 9.96. The molecule has 3 rings (SSSR count). The van der Waals surface area contributed by atoms with Gasteiger partial charge in [0, 0.05) is 20.5 Å². The molecule has 18 nitrogen and oxygen atoms in total. The first-order chi connectivity index (χ1) is 21.3. The van der Waals surface area contributed by atoms with E-state index in [4.69, 9.17) is 43.6 Å². The van der Waals surface area contributed by atoms with Crippen LogP contribution < -0.4 is 5.73 Å². The minimum Gasteiger partial charge on any atom is -0.457 e. The molecule has 0 saturated carbocycles. The summed E-state index contributed by atoms with van der Waals surface area (Å²) in [6.45, 7) is 2.83. The fourth-order valence-electron chi connectivity index (χ4n) is 5.37. The number of aliphatic hydroxyl groups is 7. The van der Waals surface area contributed by atoms with Crippen LogP contribution in [-0.2, 0) is 47.5 Å². The molecule has 3 saturated heterocycles. The zero-order valence-corrected chi connectivity index (χ0v) is 25.4. The number of hydrogen-bond acceptors (Lipinski definition) is 18. The fourth-order valence-corrected chi connectivity index (χ4v) is 5.37. The first-order valence-electron chi connectivity index (χ1n) is 14.9. The Bertz CT molecular complexity index is 928. The van der Waals surface area contributed by atoms with E-state index >= 15 is 0 Å². The smallest absolute Gasteiger partial charge is 0.303 e. The highest BCUT2D eigenvalue weighted by atomic mass is 16.8. The van der Waals surface area contributed by atoms with Crippen LogP contribution in [0.25, 0.3) is 0 Å². The summed E-state index contributed by atoms with van der Waals surface area (Å²) in [7, 11) is 0. The maximum absolute atomic E-state index is 12.3. The zero-order chi connectivity index (χ0) is 33.4. The van der Waals surface area contributed by atoms with E-state index in [9.17, 15) is 45.3 Å². The second-order valence-electron chi connectivity index (χ2n) is 11.2. The first-order valence-corrected chi connectivity index (χ1v) is 14.9. The van der Waals surface area contributed by atoms with E-state index in [1.54, 1.807) is 0 Å². The van der Waals surface area contributed by atoms with E-state index in [0.717, 1.165) is 26.7 Å². The number of carbonyl (C=O) groups is 2. The van der Waals surface area contributed by atoms with Crippen molar-refractivity contribution in [2.45, 2.75) is 132 Å². The Morgan fingerprint density at radius 3 is 1.82 bits per heavy atom. The fraction of sp³-hybridized carbons (Fsp3) is 0.926. The van der Waals surface area contributed by atoms with E-state index in [1.165, 1.54) is 6.92 Å². The SMILES string of the molecule is CC(=O)O[C@H]1[C@H](O[C@@H]2[C@@H](O)[C@H](OCCCCCN)O[C@H](CO)[C@H]2O)O[C@@H](C)[C@@H](OC(C)=O)[C@H]1O[C@@H]1O[C@H](CO)[C@@H](O)[C@H](O)[C@H]1O. The highest BCUT2D eigenvalue weighted by Gasteiger charge is 2.56. The molecule has 0 bridgehead atoms. The highest BCUT2D eigenvalue weighted by Crippen LogP contribution is 2.35. The zero-order valence-electron chi connectivity index (χ0n) is 25.4. The standard InChI is InChI=1S/C27H47NO17/c1-11-21(40-12(2)31)23(45-26-19(36)18(35)16(33)14(9-29)43-26)24(41-13(3)32)27(39-11)44-22-17(34)15(10-30)42-25(20(22)37)38-8-6-4-5-7-28/h11,14-27,29-30,33-37H,4-10,28H2,1-3H3/t11-,14+,15+,16+,17+,18-,19+,20+,21+,22-,23+,24+,25+,26-,27-/m0/s1. The monoisotopic (exact) mass is 657 g/mol. The molecule has 262 valence electrons. The van der Waals surface area contributed by atoms with Crippen LogP contribution in [0.15, 0.2) is 0 Å². The Labute approximate surface area is 259 Å². The molecular weight excluding hydrogens is 610 g/mol. The number of rotatable bonds is 14. The molecule has 3 aliphatic heterocycles. The van der Waals surface area contributed by atoms with Gasteiger partial charge in [0.05, 0.1) is 19.3 Å². The second-order valence-corrected chi connectivity index (χ2v) is 11.2. The largest absolute Gasteiger partial charge is 0.457 e. The summed E-state index contributed by atoms with van der Waals surface area (Å²) in [4.78, 5) is 24.3. The Morgan fingerprint density at radius 2 is 1.22 bits per heavy atom. The van der Waals surface area contributed by atoms with E-state index < -0.39 is 117 Å². The second kappa shape index (κ2) is 17.5. The third-order valence-corrected chi connectivity index (χ3v) is 7.71. The minimum absolute atomic E-state index is 0.162. The molecule has 0 aromatic carbocycles. The van der Waals surface area contributed by atoms with E-state index in [2.05, 4.69) is 0 Å². The summed E-state index contributed by atoms with van der Waals surface area (Å²) in [5, 5.41) is 72.5. The van der Waals surface area contributed by atoms with E-state index in [0.29, 0.717) is 13.0 Å². The average Bonchev–Trinajstić information content (AvgIpc) is 2.99. The molecule has 9 N–H and O–H groups in total. The molecule has 0 amide bonds. The van der Waals surface area contributed by atoms with Gasteiger partial charge in [-0.25, -0.2) is 0 Å². The molecule has 0 aliphatic carbocycles. The van der Waals surface area contributed by atoms with Gasteiger partial charge in [-0.3, -0.25) is 9.59 Å². The molecule has 0 spiro atoms. The molecular formula is C27H47NO17. The van der Waals surface area contributed by atoms with Crippen LogP contribution in [0, 0.1) is 0 Å². The van der Waals surface area contributed by atoms with Crippen molar-refractivity contribution < 1.29 is 83.2 Å². The van der Waals surface area contributed by atoms with Gasteiger partial charge in [-0.15, -0.1) is 0 Å². The summed E-state index contributed by atoms with van der Waals surface area (Å²) in [5.41, 5.74) is 5.51. The number of unbranched alkanes of at least 4 members (excludes halogenated alkanes) is 2. The Kier molecular flexibility index (Phi) is 14.7. The van der Waals surface area contributed by atoms with Crippen LogP contribution in [0.1, 0.15) is 40.0 Å². The van der Waals surface area contributed by atoms with Crippen LogP contribution in [0.3, 0.4) is 0 Å². The van der Waals surface area contributed by atoms with Gasteiger partial charge in [0.25, 0.3) is 0 Å². The highest BCUT2D eigenvalue weighted by molar-refractivity contribution is 5.67. The molecule has 3 fully saturated rings. The van der Waals surface area contributed by atoms with Gasteiger partial charge in [0.2, 0.25) is 0 Å². The Balaban J connectivity index is 1.90. The van der Waals surface area contributed by atoms with Crippen molar-refractivity contribution in [3.05, 3.63) is 0 Å². The van der Waals surface area contributed by atoms with Crippen molar-refractivity contribution in [3.8, 4) is 0 Å². The Hall–Kier alpha value is -1.62. The number of ether oxygens (including phenoxy) is 8. The third kappa shape index (κ3) is 9.48. The van der Waals surface area contributed by atoms with Crippen molar-refractivity contribution in [2.75, 3.05) is 26.4 Å². The van der Waals surface area contributed by atoms with Gasteiger partial charge in [-0.05, 0) is 32.7 Å². The quantitative estimate of drug-likeness (QED) is 0.0648. The summed E-state index contributed by atoms with van der Waals surface area (Å²) in [6, 6.07) is 0. The van der Waals surface area contributed by atoms with Crippen molar-refractivity contribution in [1.82, 2.24) is 0 Å². The van der Waals surface area contributed by atoms with Gasteiger partial charge in [-0.2, -0.15) is 0 Å². The summed E-state index contributed by atoms with van der Waals surface area (Å²) in [5.74, 6) is -1.66. The molecule has 3 aliphatic rings. The maximum atomic E-state index is 12.3. The number of hydrogen-bond donors (Lipinski definition) is 8. The predicted octanol–water partition coefficient (Wildman–Crippen LogP) is -4.25. The minimum atomic E-state index is -1.87. The lowest BCUT2D eigenvalue weighted by Gasteiger charge is -2.49. The predicted molar refractivity (Wildman–Crippen MR) is 146 cm³/mol. The topological polar surface area (TPSA) is 276 Å². The van der Waals surface area contributed by atoms with Gasteiger partial charge in [0.15, 0.2) is 31.1 Å². The number of carbonyl (C=O) groups excluding carboxylic acids is 2. The summed E-state index contributed by atoms with van der Waals surface area (Å²) in [6.07, 6.45) is -21.0. The number of esters is 2. The van der Waals surface area contributed by atoms with Crippen molar-refractivity contribution in [2.24, 2.45) is 5.73 Å². The van der Waals surface area contributed by atoms with Crippen LogP contribution in [0.4, 0.5) is 0 Å². The molecule has 3 heterocycles. The molecule has 15 atom stereocenters. The molecule has 0 unspecified atom stereocenters. The molecule has 18 heteroatoms. The average molecular weight is 658 g/mol. The van der Waals surface area contributed by atoms with Crippen LogP contribution in [-0.4, -0.2) is 166 Å². The van der Waals surface area contributed by atoms with Crippen molar-refractivity contribution in [3.63, 3.8) is 0 Å². The van der Waals surface area contributed by atoms with Gasteiger partial charge in [-0.1, -0.05) is 0 Å². The van der Waals surface area contributed by atoms with E-state index in [1.807, 2.05) is 0 Å². The van der Waals surface area contributed by atoms with Gasteiger partial charge in [0.1, 0.15) is 54.9 Å². The molecule has 0 aromatic rings. The number of aliphatic hydroxyl groups excluding tert-OH is 7. The molecule has 45 heavy (non-hydrogen) atoms. The van der Waals surface area contributed by atoms with Crippen LogP contribution in [0.2, 0.25) is 0 Å².